The predicted octanol–water partition coefficient (Wildman–Crippen LogP) is 3.03. The first kappa shape index (κ1) is 14.0. The fourth-order valence-corrected chi connectivity index (χ4v) is 2.21. The van der Waals surface area contributed by atoms with Crippen LogP contribution in [-0.2, 0) is 0 Å². The van der Waals surface area contributed by atoms with Crippen molar-refractivity contribution in [1.29, 1.82) is 0 Å². The summed E-state index contributed by atoms with van der Waals surface area (Å²) in [6.45, 7) is 11.8. The van der Waals surface area contributed by atoms with Gasteiger partial charge in [0.25, 0.3) is 0 Å². The van der Waals surface area contributed by atoms with Crippen molar-refractivity contribution in [3.8, 4) is 0 Å². The standard InChI is InChI=1S/C14H30N2/c1-4-14(2,3)15-10-13-16-11-8-6-5-7-9-12-16/h15H,4-13H2,1-3H3. The molecular weight excluding hydrogens is 196 g/mol. The van der Waals surface area contributed by atoms with Crippen LogP contribution in [0.15, 0.2) is 0 Å². The third-order valence-corrected chi connectivity index (χ3v) is 3.86. The van der Waals surface area contributed by atoms with E-state index in [0.717, 1.165) is 6.54 Å². The third-order valence-electron chi connectivity index (χ3n) is 3.86. The molecule has 0 aromatic rings. The predicted molar refractivity (Wildman–Crippen MR) is 71.9 cm³/mol. The molecule has 0 amide bonds. The fourth-order valence-electron chi connectivity index (χ4n) is 2.21. The molecule has 2 heteroatoms. The summed E-state index contributed by atoms with van der Waals surface area (Å²) in [5.74, 6) is 0. The normalized spacial score (nSPS) is 20.4. The second-order valence-corrected chi connectivity index (χ2v) is 5.77. The molecule has 1 N–H and O–H groups in total. The van der Waals surface area contributed by atoms with Gasteiger partial charge in [0.05, 0.1) is 0 Å². The van der Waals surface area contributed by atoms with E-state index in [2.05, 4.69) is 31.0 Å². The summed E-state index contributed by atoms with van der Waals surface area (Å²) < 4.78 is 0. The zero-order valence-corrected chi connectivity index (χ0v) is 11.5. The number of nitrogens with zero attached hydrogens (tertiary/aromatic N) is 1. The van der Waals surface area contributed by atoms with Crippen LogP contribution >= 0.6 is 0 Å². The quantitative estimate of drug-likeness (QED) is 0.775. The first-order valence-electron chi connectivity index (χ1n) is 7.11. The number of hydrogen-bond donors (Lipinski definition) is 1. The maximum absolute atomic E-state index is 3.65. The van der Waals surface area contributed by atoms with Gasteiger partial charge in [0.2, 0.25) is 0 Å². The second-order valence-electron chi connectivity index (χ2n) is 5.77. The summed E-state index contributed by atoms with van der Waals surface area (Å²) in [5.41, 5.74) is 0.308. The molecule has 0 spiro atoms. The van der Waals surface area contributed by atoms with Crippen molar-refractivity contribution in [2.45, 2.75) is 64.8 Å². The second kappa shape index (κ2) is 7.29. The molecule has 0 saturated carbocycles. The van der Waals surface area contributed by atoms with Crippen molar-refractivity contribution in [3.05, 3.63) is 0 Å². The monoisotopic (exact) mass is 226 g/mol. The summed E-state index contributed by atoms with van der Waals surface area (Å²) in [7, 11) is 0. The molecule has 0 bridgehead atoms. The van der Waals surface area contributed by atoms with Gasteiger partial charge >= 0.3 is 0 Å². The van der Waals surface area contributed by atoms with Crippen molar-refractivity contribution >= 4 is 0 Å². The molecule has 1 fully saturated rings. The van der Waals surface area contributed by atoms with Gasteiger partial charge in [-0.3, -0.25) is 0 Å². The Morgan fingerprint density at radius 2 is 1.56 bits per heavy atom. The SMILES string of the molecule is CCC(C)(C)NCCN1CCCCCCC1. The average Bonchev–Trinajstić information content (AvgIpc) is 2.21. The zero-order chi connectivity index (χ0) is 11.9. The molecule has 0 aromatic heterocycles. The van der Waals surface area contributed by atoms with Gasteiger partial charge in [0, 0.05) is 18.6 Å². The van der Waals surface area contributed by atoms with Crippen LogP contribution in [-0.4, -0.2) is 36.6 Å². The first-order chi connectivity index (χ1) is 7.64. The lowest BCUT2D eigenvalue weighted by Gasteiger charge is -2.29. The molecule has 1 aliphatic rings. The van der Waals surface area contributed by atoms with Crippen molar-refractivity contribution < 1.29 is 0 Å². The van der Waals surface area contributed by atoms with Crippen LogP contribution in [0.5, 0.6) is 0 Å². The van der Waals surface area contributed by atoms with Gasteiger partial charge in [0.1, 0.15) is 0 Å². The lowest BCUT2D eigenvalue weighted by atomic mass is 10.0. The minimum atomic E-state index is 0.308. The van der Waals surface area contributed by atoms with Crippen LogP contribution in [0.3, 0.4) is 0 Å². The van der Waals surface area contributed by atoms with Gasteiger partial charge in [-0.05, 0) is 46.2 Å². The van der Waals surface area contributed by atoms with E-state index in [4.69, 9.17) is 0 Å². The maximum Gasteiger partial charge on any atom is 0.0123 e. The van der Waals surface area contributed by atoms with Crippen molar-refractivity contribution in [1.82, 2.24) is 10.2 Å². The molecule has 0 aliphatic carbocycles. The Balaban J connectivity index is 2.15. The summed E-state index contributed by atoms with van der Waals surface area (Å²) in [6.07, 6.45) is 8.32. The van der Waals surface area contributed by atoms with E-state index in [0.29, 0.717) is 5.54 Å². The maximum atomic E-state index is 3.65. The molecule has 1 rings (SSSR count). The van der Waals surface area contributed by atoms with Crippen molar-refractivity contribution in [2.75, 3.05) is 26.2 Å². The van der Waals surface area contributed by atoms with E-state index < -0.39 is 0 Å². The molecule has 1 heterocycles. The van der Waals surface area contributed by atoms with Gasteiger partial charge in [-0.15, -0.1) is 0 Å². The van der Waals surface area contributed by atoms with Gasteiger partial charge in [-0.2, -0.15) is 0 Å². The highest BCUT2D eigenvalue weighted by Crippen LogP contribution is 2.10. The molecule has 1 saturated heterocycles. The van der Waals surface area contributed by atoms with Gasteiger partial charge in [-0.1, -0.05) is 26.2 Å². The third kappa shape index (κ3) is 5.86. The van der Waals surface area contributed by atoms with E-state index in [1.165, 1.54) is 58.2 Å². The van der Waals surface area contributed by atoms with Crippen molar-refractivity contribution in [3.63, 3.8) is 0 Å². The molecule has 0 atom stereocenters. The number of rotatable bonds is 5. The Bertz CT molecular complexity index is 170. The van der Waals surface area contributed by atoms with E-state index in [1.807, 2.05) is 0 Å². The van der Waals surface area contributed by atoms with Crippen LogP contribution in [0.2, 0.25) is 0 Å². The Morgan fingerprint density at radius 3 is 2.12 bits per heavy atom. The highest BCUT2D eigenvalue weighted by atomic mass is 15.1. The topological polar surface area (TPSA) is 15.3 Å². The van der Waals surface area contributed by atoms with E-state index in [9.17, 15) is 0 Å². The zero-order valence-electron chi connectivity index (χ0n) is 11.5. The largest absolute Gasteiger partial charge is 0.311 e. The lowest BCUT2D eigenvalue weighted by Crippen LogP contribution is -2.43. The Hall–Kier alpha value is -0.0800. The Morgan fingerprint density at radius 1 is 1.00 bits per heavy atom. The van der Waals surface area contributed by atoms with Crippen LogP contribution < -0.4 is 5.32 Å². The number of likely N-dealkylation sites (tertiary alicyclic amines) is 1. The summed E-state index contributed by atoms with van der Waals surface area (Å²) in [4.78, 5) is 2.64. The number of hydrogen-bond acceptors (Lipinski definition) is 2. The lowest BCUT2D eigenvalue weighted by molar-refractivity contribution is 0.235. The van der Waals surface area contributed by atoms with E-state index in [-0.39, 0.29) is 0 Å². The number of nitrogens with one attached hydrogen (secondary N) is 1. The minimum absolute atomic E-state index is 0.308. The highest BCUT2D eigenvalue weighted by Gasteiger charge is 2.14. The average molecular weight is 226 g/mol. The van der Waals surface area contributed by atoms with E-state index >= 15 is 0 Å². The molecule has 1 aliphatic heterocycles. The summed E-state index contributed by atoms with van der Waals surface area (Å²) in [5, 5.41) is 3.65. The van der Waals surface area contributed by atoms with E-state index in [1.54, 1.807) is 0 Å². The van der Waals surface area contributed by atoms with Gasteiger partial charge in [-0.25, -0.2) is 0 Å². The van der Waals surface area contributed by atoms with Crippen LogP contribution in [0, 0.1) is 0 Å². The molecule has 96 valence electrons. The van der Waals surface area contributed by atoms with Gasteiger partial charge < -0.3 is 10.2 Å². The molecule has 0 radical (unpaired) electrons. The molecule has 0 unspecified atom stereocenters. The molecule has 0 aromatic carbocycles. The van der Waals surface area contributed by atoms with Gasteiger partial charge in [0.15, 0.2) is 0 Å². The van der Waals surface area contributed by atoms with Crippen LogP contribution in [0.1, 0.15) is 59.3 Å². The molecular formula is C14H30N2. The Labute approximate surface area is 102 Å². The molecule has 2 nitrogen and oxygen atoms in total. The Kier molecular flexibility index (Phi) is 6.37. The fraction of sp³-hybridized carbons (Fsp3) is 1.00. The van der Waals surface area contributed by atoms with Crippen LogP contribution in [0.4, 0.5) is 0 Å². The smallest absolute Gasteiger partial charge is 0.0123 e. The van der Waals surface area contributed by atoms with Crippen LogP contribution in [0.25, 0.3) is 0 Å². The first-order valence-corrected chi connectivity index (χ1v) is 7.11. The van der Waals surface area contributed by atoms with Crippen molar-refractivity contribution in [2.24, 2.45) is 0 Å². The minimum Gasteiger partial charge on any atom is -0.311 e. The summed E-state index contributed by atoms with van der Waals surface area (Å²) >= 11 is 0. The summed E-state index contributed by atoms with van der Waals surface area (Å²) in [6, 6.07) is 0. The molecule has 16 heavy (non-hydrogen) atoms. The highest BCUT2D eigenvalue weighted by molar-refractivity contribution is 4.76.